The van der Waals surface area contributed by atoms with Gasteiger partial charge >= 0.3 is 0 Å². The molecule has 1 atom stereocenters. The zero-order chi connectivity index (χ0) is 14.7. The second kappa shape index (κ2) is 6.30. The molecule has 2 aromatic carbocycles. The minimum atomic E-state index is 0.297. The molecule has 0 aromatic heterocycles. The Morgan fingerprint density at radius 2 is 1.90 bits per heavy atom. The molecule has 2 nitrogen and oxygen atoms in total. The Morgan fingerprint density at radius 1 is 1.10 bits per heavy atom. The van der Waals surface area contributed by atoms with Crippen LogP contribution < -0.4 is 4.74 Å². The fourth-order valence-corrected chi connectivity index (χ4v) is 3.26. The topological polar surface area (TPSA) is 26.3 Å². The highest BCUT2D eigenvalue weighted by Crippen LogP contribution is 2.26. The first kappa shape index (κ1) is 14.1. The highest BCUT2D eigenvalue weighted by atomic mass is 16.5. The van der Waals surface area contributed by atoms with Gasteiger partial charge < -0.3 is 4.74 Å². The molecule has 0 N–H and O–H groups in total. The number of fused-ring (bicyclic) bond motifs is 1. The summed E-state index contributed by atoms with van der Waals surface area (Å²) >= 11 is 0. The van der Waals surface area contributed by atoms with E-state index in [4.69, 9.17) is 4.74 Å². The molecule has 1 aliphatic rings. The number of hydrogen-bond acceptors (Lipinski definition) is 2. The Morgan fingerprint density at radius 3 is 2.71 bits per heavy atom. The predicted octanol–water partition coefficient (Wildman–Crippen LogP) is 4.54. The lowest BCUT2D eigenvalue weighted by atomic mass is 9.84. The van der Waals surface area contributed by atoms with Crippen LogP contribution in [-0.2, 0) is 11.2 Å². The molecule has 1 aliphatic carbocycles. The molecule has 0 bridgehead atoms. The number of carbonyl (C=O) groups excluding carboxylic acids is 1. The van der Waals surface area contributed by atoms with Crippen molar-refractivity contribution >= 4 is 16.6 Å². The van der Waals surface area contributed by atoms with Gasteiger partial charge in [0, 0.05) is 12.3 Å². The summed E-state index contributed by atoms with van der Waals surface area (Å²) < 4.78 is 5.25. The maximum atomic E-state index is 11.9. The van der Waals surface area contributed by atoms with Crippen molar-refractivity contribution in [3.63, 3.8) is 0 Å². The quantitative estimate of drug-likeness (QED) is 0.823. The first-order chi connectivity index (χ1) is 10.3. The van der Waals surface area contributed by atoms with Crippen LogP contribution in [0.5, 0.6) is 5.75 Å². The minimum absolute atomic E-state index is 0.297. The Bertz CT molecular complexity index is 645. The van der Waals surface area contributed by atoms with Crippen LogP contribution in [-0.4, -0.2) is 12.9 Å². The number of rotatable bonds is 4. The van der Waals surface area contributed by atoms with E-state index in [0.717, 1.165) is 37.9 Å². The number of benzene rings is 2. The molecule has 1 saturated carbocycles. The number of Topliss-reactive ketones (excluding diaryl/α,β-unsaturated/α-hetero) is 1. The van der Waals surface area contributed by atoms with Gasteiger partial charge in [-0.1, -0.05) is 30.7 Å². The van der Waals surface area contributed by atoms with Crippen molar-refractivity contribution in [2.75, 3.05) is 7.11 Å². The molecule has 1 unspecified atom stereocenters. The third-order valence-electron chi connectivity index (χ3n) is 4.57. The van der Waals surface area contributed by atoms with Gasteiger partial charge in [0.15, 0.2) is 0 Å². The van der Waals surface area contributed by atoms with Crippen LogP contribution in [0, 0.1) is 5.92 Å². The van der Waals surface area contributed by atoms with Crippen LogP contribution in [0.1, 0.15) is 37.7 Å². The van der Waals surface area contributed by atoms with Gasteiger partial charge in [-0.15, -0.1) is 0 Å². The number of ketones is 1. The Balaban J connectivity index is 1.71. The van der Waals surface area contributed by atoms with Crippen LogP contribution in [0.3, 0.4) is 0 Å². The molecular formula is C19H22O2. The van der Waals surface area contributed by atoms with Gasteiger partial charge in [-0.2, -0.15) is 0 Å². The normalized spacial score (nSPS) is 18.9. The molecule has 0 spiro atoms. The van der Waals surface area contributed by atoms with E-state index in [1.807, 2.05) is 6.07 Å². The maximum Gasteiger partial charge on any atom is 0.135 e. The number of carbonyl (C=O) groups is 1. The highest BCUT2D eigenvalue weighted by molar-refractivity contribution is 5.84. The first-order valence-electron chi connectivity index (χ1n) is 7.85. The first-order valence-corrected chi connectivity index (χ1v) is 7.85. The van der Waals surface area contributed by atoms with Crippen molar-refractivity contribution in [1.29, 1.82) is 0 Å². The summed E-state index contributed by atoms with van der Waals surface area (Å²) in [6, 6.07) is 12.7. The van der Waals surface area contributed by atoms with Crippen LogP contribution in [0.25, 0.3) is 10.8 Å². The average Bonchev–Trinajstić information content (AvgIpc) is 2.53. The zero-order valence-electron chi connectivity index (χ0n) is 12.6. The lowest BCUT2D eigenvalue weighted by Crippen LogP contribution is -2.19. The second-order valence-electron chi connectivity index (χ2n) is 6.00. The van der Waals surface area contributed by atoms with Crippen LogP contribution in [0.15, 0.2) is 36.4 Å². The van der Waals surface area contributed by atoms with E-state index in [-0.39, 0.29) is 0 Å². The van der Waals surface area contributed by atoms with Gasteiger partial charge in [0.05, 0.1) is 7.11 Å². The van der Waals surface area contributed by atoms with E-state index < -0.39 is 0 Å². The molecule has 3 rings (SSSR count). The van der Waals surface area contributed by atoms with Crippen LogP contribution in [0.4, 0.5) is 0 Å². The van der Waals surface area contributed by atoms with Crippen molar-refractivity contribution in [3.05, 3.63) is 42.0 Å². The molecule has 110 valence electrons. The van der Waals surface area contributed by atoms with Gasteiger partial charge in [0.25, 0.3) is 0 Å². The molecule has 2 aromatic rings. The molecule has 2 heteroatoms. The summed E-state index contributed by atoms with van der Waals surface area (Å²) in [6.07, 6.45) is 6.19. The Hall–Kier alpha value is -1.83. The molecule has 0 saturated heterocycles. The highest BCUT2D eigenvalue weighted by Gasteiger charge is 2.21. The fraction of sp³-hybridized carbons (Fsp3) is 0.421. The summed E-state index contributed by atoms with van der Waals surface area (Å²) in [6.45, 7) is 0. The largest absolute Gasteiger partial charge is 0.497 e. The fourth-order valence-electron chi connectivity index (χ4n) is 3.26. The molecule has 21 heavy (non-hydrogen) atoms. The van der Waals surface area contributed by atoms with Crippen molar-refractivity contribution in [2.45, 2.75) is 38.5 Å². The standard InChI is InChI=1S/C19H22O2/c1-21-18-11-10-16-12-14(7-9-17(16)13-18)6-8-15-4-2-3-5-19(15)20/h7,9-13,15H,2-6,8H2,1H3. The van der Waals surface area contributed by atoms with Gasteiger partial charge in [-0.3, -0.25) is 4.79 Å². The van der Waals surface area contributed by atoms with Crippen molar-refractivity contribution in [2.24, 2.45) is 5.92 Å². The summed E-state index contributed by atoms with van der Waals surface area (Å²) in [5, 5.41) is 2.44. The third-order valence-corrected chi connectivity index (χ3v) is 4.57. The number of ether oxygens (including phenoxy) is 1. The van der Waals surface area contributed by atoms with Gasteiger partial charge in [-0.25, -0.2) is 0 Å². The van der Waals surface area contributed by atoms with Crippen LogP contribution in [0.2, 0.25) is 0 Å². The third kappa shape index (κ3) is 3.26. The molecule has 0 aliphatic heterocycles. The van der Waals surface area contributed by atoms with E-state index in [9.17, 15) is 4.79 Å². The molecule has 0 amide bonds. The second-order valence-corrected chi connectivity index (χ2v) is 6.00. The van der Waals surface area contributed by atoms with Crippen LogP contribution >= 0.6 is 0 Å². The van der Waals surface area contributed by atoms with Gasteiger partial charge in [0.1, 0.15) is 11.5 Å². The van der Waals surface area contributed by atoms with Crippen molar-refractivity contribution < 1.29 is 9.53 Å². The number of aryl methyl sites for hydroxylation is 1. The molecular weight excluding hydrogens is 260 g/mol. The lowest BCUT2D eigenvalue weighted by Gasteiger charge is -2.20. The van der Waals surface area contributed by atoms with Crippen molar-refractivity contribution in [3.8, 4) is 5.75 Å². The summed E-state index contributed by atoms with van der Waals surface area (Å²) in [7, 11) is 1.69. The number of methoxy groups -OCH3 is 1. The summed E-state index contributed by atoms with van der Waals surface area (Å²) in [5.74, 6) is 1.67. The van der Waals surface area contributed by atoms with E-state index in [1.54, 1.807) is 7.11 Å². The Labute approximate surface area is 126 Å². The van der Waals surface area contributed by atoms with E-state index >= 15 is 0 Å². The monoisotopic (exact) mass is 282 g/mol. The summed E-state index contributed by atoms with van der Waals surface area (Å²) in [5.41, 5.74) is 1.33. The minimum Gasteiger partial charge on any atom is -0.497 e. The van der Waals surface area contributed by atoms with E-state index in [2.05, 4.69) is 30.3 Å². The SMILES string of the molecule is COc1ccc2cc(CCC3CCCCC3=O)ccc2c1. The smallest absolute Gasteiger partial charge is 0.135 e. The zero-order valence-corrected chi connectivity index (χ0v) is 12.6. The summed E-state index contributed by atoms with van der Waals surface area (Å²) in [4.78, 5) is 11.9. The van der Waals surface area contributed by atoms with E-state index in [1.165, 1.54) is 22.8 Å². The molecule has 1 fully saturated rings. The van der Waals surface area contributed by atoms with Gasteiger partial charge in [-0.05, 0) is 54.2 Å². The van der Waals surface area contributed by atoms with Gasteiger partial charge in [0.2, 0.25) is 0 Å². The Kier molecular flexibility index (Phi) is 4.23. The van der Waals surface area contributed by atoms with E-state index in [0.29, 0.717) is 11.7 Å². The lowest BCUT2D eigenvalue weighted by molar-refractivity contribution is -0.124. The van der Waals surface area contributed by atoms with Crippen molar-refractivity contribution in [1.82, 2.24) is 0 Å². The average molecular weight is 282 g/mol. The predicted molar refractivity (Wildman–Crippen MR) is 85.8 cm³/mol. The molecule has 0 radical (unpaired) electrons. The number of hydrogen-bond donors (Lipinski definition) is 0. The molecule has 0 heterocycles. The maximum absolute atomic E-state index is 11.9.